The van der Waals surface area contributed by atoms with E-state index in [1.807, 2.05) is 12.4 Å². The molecule has 1 fully saturated rings. The van der Waals surface area contributed by atoms with Crippen molar-refractivity contribution < 1.29 is 0 Å². The summed E-state index contributed by atoms with van der Waals surface area (Å²) < 4.78 is 0. The smallest absolute Gasteiger partial charge is 0.115 e. The summed E-state index contributed by atoms with van der Waals surface area (Å²) in [5.74, 6) is 0. The zero-order valence-electron chi connectivity index (χ0n) is 6.33. The summed E-state index contributed by atoms with van der Waals surface area (Å²) in [6, 6.07) is 0.496. The lowest BCUT2D eigenvalue weighted by molar-refractivity contribution is 0.641. The van der Waals surface area contributed by atoms with E-state index in [1.165, 1.54) is 18.4 Å². The Labute approximate surface area is 65.9 Å². The first-order chi connectivity index (χ1) is 5.47. The van der Waals surface area contributed by atoms with E-state index in [0.717, 1.165) is 6.54 Å². The van der Waals surface area contributed by atoms with Gasteiger partial charge in [-0.1, -0.05) is 0 Å². The van der Waals surface area contributed by atoms with Crippen LogP contribution in [-0.4, -0.2) is 16.5 Å². The van der Waals surface area contributed by atoms with Gasteiger partial charge < -0.3 is 5.32 Å². The molecule has 1 aromatic rings. The molecule has 0 radical (unpaired) electrons. The number of nitrogens with one attached hydrogen (secondary N) is 1. The number of rotatable bonds is 1. The predicted molar refractivity (Wildman–Crippen MR) is 42.0 cm³/mol. The molecule has 3 nitrogen and oxygen atoms in total. The largest absolute Gasteiger partial charge is 0.310 e. The molecule has 2 heterocycles. The maximum Gasteiger partial charge on any atom is 0.115 e. The number of aromatic nitrogens is 2. The van der Waals surface area contributed by atoms with Gasteiger partial charge in [0.2, 0.25) is 0 Å². The minimum atomic E-state index is 0.496. The third-order valence-electron chi connectivity index (χ3n) is 2.04. The molecule has 1 aliphatic heterocycles. The minimum absolute atomic E-state index is 0.496. The van der Waals surface area contributed by atoms with E-state index < -0.39 is 0 Å². The Morgan fingerprint density at radius 2 is 2.18 bits per heavy atom. The van der Waals surface area contributed by atoms with Gasteiger partial charge in [-0.2, -0.15) is 0 Å². The van der Waals surface area contributed by atoms with Gasteiger partial charge in [0.15, 0.2) is 0 Å². The van der Waals surface area contributed by atoms with Crippen LogP contribution in [0, 0.1) is 0 Å². The van der Waals surface area contributed by atoms with Crippen molar-refractivity contribution in [2.75, 3.05) is 6.54 Å². The van der Waals surface area contributed by atoms with E-state index in [1.54, 1.807) is 6.33 Å². The third-order valence-corrected chi connectivity index (χ3v) is 2.04. The molecule has 0 spiro atoms. The van der Waals surface area contributed by atoms with Crippen LogP contribution in [-0.2, 0) is 0 Å². The molecule has 0 amide bonds. The van der Waals surface area contributed by atoms with Gasteiger partial charge in [-0.15, -0.1) is 0 Å². The quantitative estimate of drug-likeness (QED) is 0.644. The molecule has 2 rings (SSSR count). The highest BCUT2D eigenvalue weighted by Crippen LogP contribution is 2.20. The van der Waals surface area contributed by atoms with Crippen molar-refractivity contribution in [3.8, 4) is 0 Å². The fourth-order valence-electron chi connectivity index (χ4n) is 1.46. The highest BCUT2D eigenvalue weighted by atomic mass is 14.9. The van der Waals surface area contributed by atoms with Gasteiger partial charge in [0.25, 0.3) is 0 Å². The average molecular weight is 149 g/mol. The number of nitrogens with zero attached hydrogens (tertiary/aromatic N) is 2. The Balaban J connectivity index is 2.16. The van der Waals surface area contributed by atoms with E-state index in [-0.39, 0.29) is 0 Å². The Kier molecular flexibility index (Phi) is 1.81. The van der Waals surface area contributed by atoms with Gasteiger partial charge in [-0.3, -0.25) is 0 Å². The average Bonchev–Trinajstić information content (AvgIpc) is 2.58. The Hall–Kier alpha value is -0.960. The highest BCUT2D eigenvalue weighted by Gasteiger charge is 2.15. The summed E-state index contributed by atoms with van der Waals surface area (Å²) in [6.07, 6.45) is 7.82. The summed E-state index contributed by atoms with van der Waals surface area (Å²) in [7, 11) is 0. The third kappa shape index (κ3) is 1.38. The Bertz CT molecular complexity index is 216. The Morgan fingerprint density at radius 3 is 2.82 bits per heavy atom. The van der Waals surface area contributed by atoms with Gasteiger partial charge in [-0.25, -0.2) is 9.97 Å². The van der Waals surface area contributed by atoms with Gasteiger partial charge in [0.1, 0.15) is 6.33 Å². The predicted octanol–water partition coefficient (Wildman–Crippen LogP) is 0.901. The van der Waals surface area contributed by atoms with Crippen LogP contribution in [0.15, 0.2) is 18.7 Å². The van der Waals surface area contributed by atoms with Crippen molar-refractivity contribution >= 4 is 0 Å². The van der Waals surface area contributed by atoms with E-state index in [9.17, 15) is 0 Å². The van der Waals surface area contributed by atoms with Crippen molar-refractivity contribution in [1.82, 2.24) is 15.3 Å². The molecule has 1 saturated heterocycles. The summed E-state index contributed by atoms with van der Waals surface area (Å²) >= 11 is 0. The van der Waals surface area contributed by atoms with E-state index in [4.69, 9.17) is 0 Å². The second-order valence-electron chi connectivity index (χ2n) is 2.82. The first kappa shape index (κ1) is 6.73. The molecular weight excluding hydrogens is 138 g/mol. The summed E-state index contributed by atoms with van der Waals surface area (Å²) in [4.78, 5) is 7.96. The minimum Gasteiger partial charge on any atom is -0.310 e. The fraction of sp³-hybridized carbons (Fsp3) is 0.500. The molecule has 1 aliphatic rings. The normalized spacial score (nSPS) is 23.8. The van der Waals surface area contributed by atoms with Crippen molar-refractivity contribution in [1.29, 1.82) is 0 Å². The molecule has 11 heavy (non-hydrogen) atoms. The number of hydrogen-bond donors (Lipinski definition) is 1. The van der Waals surface area contributed by atoms with Gasteiger partial charge in [0, 0.05) is 24.0 Å². The molecule has 1 aromatic heterocycles. The molecule has 0 saturated carbocycles. The van der Waals surface area contributed by atoms with Crippen LogP contribution in [0.2, 0.25) is 0 Å². The molecule has 1 atom stereocenters. The van der Waals surface area contributed by atoms with Crippen molar-refractivity contribution in [3.05, 3.63) is 24.3 Å². The molecule has 3 heteroatoms. The second kappa shape index (κ2) is 2.96. The monoisotopic (exact) mass is 149 g/mol. The molecule has 58 valence electrons. The molecule has 0 bridgehead atoms. The summed E-state index contributed by atoms with van der Waals surface area (Å²) in [5, 5.41) is 3.39. The zero-order chi connectivity index (χ0) is 7.52. The molecule has 0 aliphatic carbocycles. The van der Waals surface area contributed by atoms with E-state index in [2.05, 4.69) is 15.3 Å². The van der Waals surface area contributed by atoms with E-state index >= 15 is 0 Å². The molecule has 1 N–H and O–H groups in total. The van der Waals surface area contributed by atoms with Crippen LogP contribution in [0.3, 0.4) is 0 Å². The fourth-order valence-corrected chi connectivity index (χ4v) is 1.46. The lowest BCUT2D eigenvalue weighted by Crippen LogP contribution is -2.12. The van der Waals surface area contributed by atoms with Crippen molar-refractivity contribution in [2.24, 2.45) is 0 Å². The summed E-state index contributed by atoms with van der Waals surface area (Å²) in [5.41, 5.74) is 1.21. The van der Waals surface area contributed by atoms with Gasteiger partial charge >= 0.3 is 0 Å². The molecule has 0 aromatic carbocycles. The standard InChI is InChI=1S/C8H11N3/c1-2-8(11-3-1)7-4-9-6-10-5-7/h4-6,8,11H,1-3H2/t8-/m1/s1. The first-order valence-electron chi connectivity index (χ1n) is 3.95. The van der Waals surface area contributed by atoms with Crippen LogP contribution in [0.1, 0.15) is 24.4 Å². The molecular formula is C8H11N3. The van der Waals surface area contributed by atoms with Crippen LogP contribution in [0.5, 0.6) is 0 Å². The van der Waals surface area contributed by atoms with Crippen LogP contribution >= 0.6 is 0 Å². The van der Waals surface area contributed by atoms with Crippen LogP contribution < -0.4 is 5.32 Å². The highest BCUT2D eigenvalue weighted by molar-refractivity contribution is 5.10. The number of hydrogen-bond acceptors (Lipinski definition) is 3. The Morgan fingerprint density at radius 1 is 1.36 bits per heavy atom. The first-order valence-corrected chi connectivity index (χ1v) is 3.95. The van der Waals surface area contributed by atoms with E-state index in [0.29, 0.717) is 6.04 Å². The van der Waals surface area contributed by atoms with Crippen LogP contribution in [0.4, 0.5) is 0 Å². The topological polar surface area (TPSA) is 37.8 Å². The lowest BCUT2D eigenvalue weighted by atomic mass is 10.1. The SMILES string of the molecule is c1ncc([C@H]2CCCN2)cn1. The summed E-state index contributed by atoms with van der Waals surface area (Å²) in [6.45, 7) is 1.12. The van der Waals surface area contributed by atoms with Crippen molar-refractivity contribution in [3.63, 3.8) is 0 Å². The maximum atomic E-state index is 3.98. The zero-order valence-corrected chi connectivity index (χ0v) is 6.33. The van der Waals surface area contributed by atoms with Gasteiger partial charge in [-0.05, 0) is 19.4 Å². The maximum absolute atomic E-state index is 3.98. The van der Waals surface area contributed by atoms with Gasteiger partial charge in [0.05, 0.1) is 0 Å². The van der Waals surface area contributed by atoms with Crippen LogP contribution in [0.25, 0.3) is 0 Å². The lowest BCUT2D eigenvalue weighted by Gasteiger charge is -2.07. The molecule has 0 unspecified atom stereocenters. The van der Waals surface area contributed by atoms with Crippen molar-refractivity contribution in [2.45, 2.75) is 18.9 Å². The second-order valence-corrected chi connectivity index (χ2v) is 2.82.